The van der Waals surface area contributed by atoms with Gasteiger partial charge in [0.1, 0.15) is 11.5 Å². The highest BCUT2D eigenvalue weighted by atomic mass is 79.9. The van der Waals surface area contributed by atoms with Crippen molar-refractivity contribution >= 4 is 39.6 Å². The Bertz CT molecular complexity index is 760. The van der Waals surface area contributed by atoms with Crippen LogP contribution in [0.5, 0.6) is 11.5 Å². The number of amides is 2. The first-order chi connectivity index (χ1) is 11.0. The maximum absolute atomic E-state index is 11.7. The van der Waals surface area contributed by atoms with Crippen molar-refractivity contribution in [3.05, 3.63) is 52.5 Å². The number of rotatable bonds is 3. The molecule has 0 fully saturated rings. The van der Waals surface area contributed by atoms with E-state index in [0.717, 1.165) is 16.8 Å². The number of hydrogen-bond donors (Lipinski definition) is 4. The SMILES string of the molecule is O=C(N/N=C\c1ccc(O)cc1O)C(=O)Nc1ccc(Br)cc1. The van der Waals surface area contributed by atoms with Crippen molar-refractivity contribution in [2.45, 2.75) is 0 Å². The lowest BCUT2D eigenvalue weighted by Crippen LogP contribution is -2.32. The van der Waals surface area contributed by atoms with Crippen molar-refractivity contribution in [2.24, 2.45) is 5.10 Å². The van der Waals surface area contributed by atoms with E-state index in [2.05, 4.69) is 26.3 Å². The van der Waals surface area contributed by atoms with E-state index in [1.807, 2.05) is 5.43 Å². The van der Waals surface area contributed by atoms with E-state index < -0.39 is 11.8 Å². The summed E-state index contributed by atoms with van der Waals surface area (Å²) in [6.07, 6.45) is 1.15. The third kappa shape index (κ3) is 4.82. The second kappa shape index (κ2) is 7.41. The number of nitrogens with zero attached hydrogens (tertiary/aromatic N) is 1. The van der Waals surface area contributed by atoms with Gasteiger partial charge in [-0.05, 0) is 36.4 Å². The molecule has 0 saturated carbocycles. The molecule has 0 spiro atoms. The first-order valence-electron chi connectivity index (χ1n) is 6.37. The molecule has 0 aliphatic carbocycles. The standard InChI is InChI=1S/C15H12BrN3O4/c16-10-2-4-11(5-3-10)18-14(22)15(23)19-17-8-9-1-6-12(20)7-13(9)21/h1-8,20-21H,(H,18,22)(H,19,23)/b17-8-. The molecular weight excluding hydrogens is 366 g/mol. The van der Waals surface area contributed by atoms with E-state index in [9.17, 15) is 14.7 Å². The molecular formula is C15H12BrN3O4. The zero-order valence-electron chi connectivity index (χ0n) is 11.7. The predicted molar refractivity (Wildman–Crippen MR) is 88.3 cm³/mol. The van der Waals surface area contributed by atoms with Crippen LogP contribution in [0.1, 0.15) is 5.56 Å². The summed E-state index contributed by atoms with van der Waals surface area (Å²) in [6, 6.07) is 10.6. The molecule has 0 atom stereocenters. The van der Waals surface area contributed by atoms with E-state index in [1.165, 1.54) is 12.1 Å². The average Bonchev–Trinajstić information content (AvgIpc) is 2.51. The van der Waals surface area contributed by atoms with E-state index in [1.54, 1.807) is 24.3 Å². The van der Waals surface area contributed by atoms with Gasteiger partial charge in [0.25, 0.3) is 0 Å². The highest BCUT2D eigenvalue weighted by molar-refractivity contribution is 9.10. The maximum Gasteiger partial charge on any atom is 0.329 e. The smallest absolute Gasteiger partial charge is 0.329 e. The lowest BCUT2D eigenvalue weighted by molar-refractivity contribution is -0.136. The van der Waals surface area contributed by atoms with Gasteiger partial charge in [-0.2, -0.15) is 5.10 Å². The molecule has 23 heavy (non-hydrogen) atoms. The Morgan fingerprint density at radius 3 is 2.39 bits per heavy atom. The first kappa shape index (κ1) is 16.5. The number of hydrazone groups is 1. The summed E-state index contributed by atoms with van der Waals surface area (Å²) in [6.45, 7) is 0. The molecule has 2 aromatic carbocycles. The summed E-state index contributed by atoms with van der Waals surface area (Å²) in [7, 11) is 0. The summed E-state index contributed by atoms with van der Waals surface area (Å²) in [5, 5.41) is 24.7. The van der Waals surface area contributed by atoms with E-state index >= 15 is 0 Å². The molecule has 4 N–H and O–H groups in total. The van der Waals surface area contributed by atoms with Gasteiger partial charge in [-0.15, -0.1) is 0 Å². The number of phenols is 2. The van der Waals surface area contributed by atoms with E-state index in [0.29, 0.717) is 5.69 Å². The number of anilines is 1. The lowest BCUT2D eigenvalue weighted by Gasteiger charge is -2.04. The first-order valence-corrected chi connectivity index (χ1v) is 7.17. The Morgan fingerprint density at radius 2 is 1.74 bits per heavy atom. The summed E-state index contributed by atoms with van der Waals surface area (Å²) < 4.78 is 0.846. The zero-order chi connectivity index (χ0) is 16.8. The number of carbonyl (C=O) groups excluding carboxylic acids is 2. The molecule has 0 unspecified atom stereocenters. The molecule has 0 aromatic heterocycles. The number of hydrogen-bond acceptors (Lipinski definition) is 5. The van der Waals surface area contributed by atoms with Crippen molar-refractivity contribution in [1.82, 2.24) is 5.43 Å². The van der Waals surface area contributed by atoms with Gasteiger partial charge in [0.2, 0.25) is 0 Å². The van der Waals surface area contributed by atoms with E-state index in [-0.39, 0.29) is 17.1 Å². The van der Waals surface area contributed by atoms with Gasteiger partial charge >= 0.3 is 11.8 Å². The van der Waals surface area contributed by atoms with Crippen LogP contribution in [0.15, 0.2) is 52.0 Å². The van der Waals surface area contributed by atoms with Gasteiger partial charge in [0, 0.05) is 21.8 Å². The minimum Gasteiger partial charge on any atom is -0.508 e. The molecule has 0 aliphatic heterocycles. The largest absolute Gasteiger partial charge is 0.508 e. The number of nitrogens with one attached hydrogen (secondary N) is 2. The van der Waals surface area contributed by atoms with Crippen LogP contribution in [0.2, 0.25) is 0 Å². The second-order valence-corrected chi connectivity index (χ2v) is 5.32. The molecule has 0 heterocycles. The molecule has 0 bridgehead atoms. The minimum atomic E-state index is -0.956. The summed E-state index contributed by atoms with van der Waals surface area (Å²) in [5.74, 6) is -2.14. The van der Waals surface area contributed by atoms with E-state index in [4.69, 9.17) is 5.11 Å². The number of phenolic OH excluding ortho intramolecular Hbond substituents is 2. The zero-order valence-corrected chi connectivity index (χ0v) is 13.2. The van der Waals surface area contributed by atoms with Crippen molar-refractivity contribution in [3.63, 3.8) is 0 Å². The Kier molecular flexibility index (Phi) is 5.32. The summed E-state index contributed by atoms with van der Waals surface area (Å²) >= 11 is 3.26. The van der Waals surface area contributed by atoms with Crippen LogP contribution in [0, 0.1) is 0 Å². The summed E-state index contributed by atoms with van der Waals surface area (Å²) in [5.41, 5.74) is 2.78. The molecule has 0 aliphatic rings. The lowest BCUT2D eigenvalue weighted by atomic mass is 10.2. The van der Waals surface area contributed by atoms with Gasteiger partial charge in [-0.1, -0.05) is 15.9 Å². The van der Waals surface area contributed by atoms with Gasteiger partial charge in [0.05, 0.1) is 6.21 Å². The molecule has 118 valence electrons. The van der Waals surface area contributed by atoms with Crippen molar-refractivity contribution in [1.29, 1.82) is 0 Å². The highest BCUT2D eigenvalue weighted by Gasteiger charge is 2.12. The van der Waals surface area contributed by atoms with Crippen LogP contribution < -0.4 is 10.7 Å². The Morgan fingerprint density at radius 1 is 1.04 bits per heavy atom. The normalized spacial score (nSPS) is 10.5. The molecule has 2 amide bonds. The Labute approximate surface area is 139 Å². The monoisotopic (exact) mass is 377 g/mol. The van der Waals surface area contributed by atoms with Crippen LogP contribution in [-0.4, -0.2) is 28.2 Å². The maximum atomic E-state index is 11.7. The fraction of sp³-hybridized carbons (Fsp3) is 0. The molecule has 0 saturated heterocycles. The fourth-order valence-corrected chi connectivity index (χ4v) is 1.84. The van der Waals surface area contributed by atoms with Crippen molar-refractivity contribution < 1.29 is 19.8 Å². The predicted octanol–water partition coefficient (Wildman–Crippen LogP) is 1.95. The number of benzene rings is 2. The number of carbonyl (C=O) groups is 2. The minimum absolute atomic E-state index is 0.0995. The topological polar surface area (TPSA) is 111 Å². The quantitative estimate of drug-likeness (QED) is 0.372. The third-order valence-corrected chi connectivity index (χ3v) is 3.22. The van der Waals surface area contributed by atoms with Crippen LogP contribution >= 0.6 is 15.9 Å². The van der Waals surface area contributed by atoms with Gasteiger partial charge in [-0.25, -0.2) is 5.43 Å². The number of halogens is 1. The van der Waals surface area contributed by atoms with Gasteiger partial charge < -0.3 is 15.5 Å². The van der Waals surface area contributed by atoms with Crippen LogP contribution in [-0.2, 0) is 9.59 Å². The summed E-state index contributed by atoms with van der Waals surface area (Å²) in [4.78, 5) is 23.3. The van der Waals surface area contributed by atoms with Crippen LogP contribution in [0.3, 0.4) is 0 Å². The van der Waals surface area contributed by atoms with Crippen LogP contribution in [0.4, 0.5) is 5.69 Å². The van der Waals surface area contributed by atoms with Crippen LogP contribution in [0.25, 0.3) is 0 Å². The molecule has 2 aromatic rings. The third-order valence-electron chi connectivity index (χ3n) is 2.69. The van der Waals surface area contributed by atoms with Crippen molar-refractivity contribution in [2.75, 3.05) is 5.32 Å². The average molecular weight is 378 g/mol. The highest BCUT2D eigenvalue weighted by Crippen LogP contribution is 2.20. The van der Waals surface area contributed by atoms with Gasteiger partial charge in [-0.3, -0.25) is 9.59 Å². The molecule has 7 nitrogen and oxygen atoms in total. The second-order valence-electron chi connectivity index (χ2n) is 4.40. The van der Waals surface area contributed by atoms with Gasteiger partial charge in [0.15, 0.2) is 0 Å². The molecule has 2 rings (SSSR count). The number of aromatic hydroxyl groups is 2. The fourth-order valence-electron chi connectivity index (χ4n) is 1.57. The Balaban J connectivity index is 1.92. The van der Waals surface area contributed by atoms with Crippen molar-refractivity contribution in [3.8, 4) is 11.5 Å². The molecule has 0 radical (unpaired) electrons. The Hall–Kier alpha value is -2.87. The molecule has 8 heteroatoms.